The summed E-state index contributed by atoms with van der Waals surface area (Å²) in [6.45, 7) is 3.68. The van der Waals surface area contributed by atoms with Crippen LogP contribution in [0.25, 0.3) is 0 Å². The summed E-state index contributed by atoms with van der Waals surface area (Å²) in [5.41, 5.74) is 2.85. The summed E-state index contributed by atoms with van der Waals surface area (Å²) in [7, 11) is 0. The van der Waals surface area contributed by atoms with E-state index < -0.39 is 5.97 Å². The van der Waals surface area contributed by atoms with E-state index in [1.807, 2.05) is 41.8 Å². The first-order chi connectivity index (χ1) is 12.0. The van der Waals surface area contributed by atoms with Crippen LogP contribution in [0.4, 0.5) is 5.69 Å². The molecule has 1 aromatic carbocycles. The third kappa shape index (κ3) is 4.48. The minimum atomic E-state index is -0.679. The predicted octanol–water partition coefficient (Wildman–Crippen LogP) is 3.24. The Morgan fingerprint density at radius 1 is 1.16 bits per heavy atom. The highest BCUT2D eigenvalue weighted by Gasteiger charge is 2.26. The number of carboxylic acid groups (broad SMARTS) is 1. The molecule has 1 aromatic rings. The average Bonchev–Trinajstić information content (AvgIpc) is 2.64. The first-order valence-corrected chi connectivity index (χ1v) is 10.2. The summed E-state index contributed by atoms with van der Waals surface area (Å²) in [6, 6.07) is 6.15. The Morgan fingerprint density at radius 2 is 1.84 bits per heavy atom. The van der Waals surface area contributed by atoms with E-state index in [1.165, 1.54) is 0 Å². The quantitative estimate of drug-likeness (QED) is 0.860. The van der Waals surface area contributed by atoms with Gasteiger partial charge in [-0.3, -0.25) is 9.59 Å². The summed E-state index contributed by atoms with van der Waals surface area (Å²) in [5.74, 6) is 1.24. The summed E-state index contributed by atoms with van der Waals surface area (Å²) in [4.78, 5) is 25.7. The van der Waals surface area contributed by atoms with Crippen LogP contribution in [-0.4, -0.2) is 52.5 Å². The number of carbonyl (C=O) groups excluding carboxylic acids is 1. The van der Waals surface area contributed by atoms with E-state index >= 15 is 0 Å². The summed E-state index contributed by atoms with van der Waals surface area (Å²) < 4.78 is 0. The number of anilines is 1. The minimum absolute atomic E-state index is 0.109. The number of benzene rings is 1. The Labute approximate surface area is 153 Å². The number of hydrogen-bond donors (Lipinski definition) is 2. The lowest BCUT2D eigenvalue weighted by Crippen LogP contribution is -2.38. The molecular formula is C19H26N2O3S. The maximum atomic E-state index is 12.7. The molecule has 25 heavy (non-hydrogen) atoms. The molecule has 0 unspecified atom stereocenters. The van der Waals surface area contributed by atoms with Gasteiger partial charge >= 0.3 is 5.97 Å². The van der Waals surface area contributed by atoms with Crippen molar-refractivity contribution in [1.82, 2.24) is 4.90 Å². The van der Waals surface area contributed by atoms with Crippen LogP contribution >= 0.6 is 11.8 Å². The van der Waals surface area contributed by atoms with E-state index in [1.54, 1.807) is 0 Å². The zero-order chi connectivity index (χ0) is 17.8. The third-order valence-electron chi connectivity index (χ3n) is 5.22. The molecule has 1 heterocycles. The summed E-state index contributed by atoms with van der Waals surface area (Å²) in [6.07, 6.45) is 3.15. The molecule has 2 aliphatic rings. The van der Waals surface area contributed by atoms with Crippen LogP contribution in [0.3, 0.4) is 0 Å². The number of carboxylic acids is 1. The number of aliphatic carboxylic acids is 1. The maximum Gasteiger partial charge on any atom is 0.306 e. The standard InChI is InChI=1S/C19H26N2O3S/c1-13-2-3-15(18(22)21-8-10-25-11-9-21)12-17(13)20-16-6-4-14(5-7-16)19(23)24/h2-3,12,14,16,20H,4-11H2,1H3,(H,23,24). The van der Waals surface area contributed by atoms with E-state index in [0.717, 1.165) is 67.1 Å². The van der Waals surface area contributed by atoms with Gasteiger partial charge in [-0.1, -0.05) is 6.07 Å². The highest BCUT2D eigenvalue weighted by molar-refractivity contribution is 7.99. The van der Waals surface area contributed by atoms with Gasteiger partial charge in [-0.2, -0.15) is 11.8 Å². The number of nitrogens with one attached hydrogen (secondary N) is 1. The Balaban J connectivity index is 1.65. The maximum absolute atomic E-state index is 12.7. The molecule has 1 saturated carbocycles. The second-order valence-corrected chi connectivity index (χ2v) is 8.19. The Hall–Kier alpha value is -1.69. The normalized spacial score (nSPS) is 24.0. The van der Waals surface area contributed by atoms with Gasteiger partial charge < -0.3 is 15.3 Å². The van der Waals surface area contributed by atoms with E-state index in [0.29, 0.717) is 0 Å². The fraction of sp³-hybridized carbons (Fsp3) is 0.579. The second-order valence-electron chi connectivity index (χ2n) is 6.97. The molecule has 6 heteroatoms. The lowest BCUT2D eigenvalue weighted by Gasteiger charge is -2.29. The second kappa shape index (κ2) is 8.13. The molecule has 136 valence electrons. The van der Waals surface area contributed by atoms with E-state index in [4.69, 9.17) is 5.11 Å². The highest BCUT2D eigenvalue weighted by atomic mass is 32.2. The van der Waals surface area contributed by atoms with E-state index in [9.17, 15) is 9.59 Å². The van der Waals surface area contributed by atoms with Crippen molar-refractivity contribution in [2.75, 3.05) is 29.9 Å². The van der Waals surface area contributed by atoms with Crippen molar-refractivity contribution in [2.24, 2.45) is 5.92 Å². The van der Waals surface area contributed by atoms with Crippen LogP contribution in [0.5, 0.6) is 0 Å². The van der Waals surface area contributed by atoms with Crippen molar-refractivity contribution >= 4 is 29.3 Å². The Kier molecular flexibility index (Phi) is 5.89. The Morgan fingerprint density at radius 3 is 2.48 bits per heavy atom. The smallest absolute Gasteiger partial charge is 0.306 e. The first-order valence-electron chi connectivity index (χ1n) is 9.01. The number of nitrogens with zero attached hydrogens (tertiary/aromatic N) is 1. The van der Waals surface area contributed by atoms with Crippen molar-refractivity contribution in [2.45, 2.75) is 38.6 Å². The summed E-state index contributed by atoms with van der Waals surface area (Å²) >= 11 is 1.89. The fourth-order valence-corrected chi connectivity index (χ4v) is 4.47. The van der Waals surface area contributed by atoms with Gasteiger partial charge in [-0.05, 0) is 50.3 Å². The number of thioether (sulfide) groups is 1. The minimum Gasteiger partial charge on any atom is -0.481 e. The van der Waals surface area contributed by atoms with E-state index in [-0.39, 0.29) is 17.9 Å². The van der Waals surface area contributed by atoms with Crippen LogP contribution in [0.15, 0.2) is 18.2 Å². The number of aryl methyl sites for hydroxylation is 1. The van der Waals surface area contributed by atoms with Gasteiger partial charge in [0.1, 0.15) is 0 Å². The average molecular weight is 362 g/mol. The van der Waals surface area contributed by atoms with Crippen LogP contribution < -0.4 is 5.32 Å². The molecule has 1 aliphatic heterocycles. The summed E-state index contributed by atoms with van der Waals surface area (Å²) in [5, 5.41) is 12.7. The van der Waals surface area contributed by atoms with Gasteiger partial charge in [0.05, 0.1) is 5.92 Å². The first kappa shape index (κ1) is 18.1. The van der Waals surface area contributed by atoms with Gasteiger partial charge in [-0.25, -0.2) is 0 Å². The number of carbonyl (C=O) groups is 2. The van der Waals surface area contributed by atoms with Crippen molar-refractivity contribution in [3.05, 3.63) is 29.3 Å². The van der Waals surface area contributed by atoms with Crippen LogP contribution in [0.2, 0.25) is 0 Å². The molecular weight excluding hydrogens is 336 g/mol. The molecule has 1 amide bonds. The number of rotatable bonds is 4. The number of hydrogen-bond acceptors (Lipinski definition) is 4. The molecule has 5 nitrogen and oxygen atoms in total. The molecule has 0 radical (unpaired) electrons. The molecule has 0 atom stereocenters. The topological polar surface area (TPSA) is 69.6 Å². The SMILES string of the molecule is Cc1ccc(C(=O)N2CCSCC2)cc1NC1CCC(C(=O)O)CC1. The van der Waals surface area contributed by atoms with Gasteiger partial charge in [-0.15, -0.1) is 0 Å². The fourth-order valence-electron chi connectivity index (χ4n) is 3.56. The molecule has 0 bridgehead atoms. The molecule has 3 rings (SSSR count). The molecule has 2 N–H and O–H groups in total. The molecule has 0 aromatic heterocycles. The van der Waals surface area contributed by atoms with Crippen molar-refractivity contribution in [3.8, 4) is 0 Å². The van der Waals surface area contributed by atoms with Crippen molar-refractivity contribution in [3.63, 3.8) is 0 Å². The molecule has 2 fully saturated rings. The van der Waals surface area contributed by atoms with Crippen LogP contribution in [0.1, 0.15) is 41.6 Å². The molecule has 0 spiro atoms. The van der Waals surface area contributed by atoms with Crippen molar-refractivity contribution in [1.29, 1.82) is 0 Å². The number of amides is 1. The zero-order valence-corrected chi connectivity index (χ0v) is 15.5. The van der Waals surface area contributed by atoms with Gasteiger partial charge in [0.25, 0.3) is 5.91 Å². The zero-order valence-electron chi connectivity index (χ0n) is 14.7. The monoisotopic (exact) mass is 362 g/mol. The largest absolute Gasteiger partial charge is 0.481 e. The van der Waals surface area contributed by atoms with Gasteiger partial charge in [0.2, 0.25) is 0 Å². The lowest BCUT2D eigenvalue weighted by molar-refractivity contribution is -0.142. The van der Waals surface area contributed by atoms with Crippen LogP contribution in [0, 0.1) is 12.8 Å². The molecule has 1 saturated heterocycles. The third-order valence-corrected chi connectivity index (χ3v) is 6.16. The van der Waals surface area contributed by atoms with Crippen LogP contribution in [-0.2, 0) is 4.79 Å². The highest BCUT2D eigenvalue weighted by Crippen LogP contribution is 2.28. The Bertz CT molecular complexity index is 636. The lowest BCUT2D eigenvalue weighted by atomic mass is 9.86. The van der Waals surface area contributed by atoms with Gasteiger partial charge in [0.15, 0.2) is 0 Å². The van der Waals surface area contributed by atoms with Crippen molar-refractivity contribution < 1.29 is 14.7 Å². The predicted molar refractivity (Wildman–Crippen MR) is 101 cm³/mol. The van der Waals surface area contributed by atoms with Gasteiger partial charge in [0, 0.05) is 41.9 Å². The van der Waals surface area contributed by atoms with E-state index in [2.05, 4.69) is 5.32 Å². The molecule has 1 aliphatic carbocycles.